The van der Waals surface area contributed by atoms with Gasteiger partial charge in [0.05, 0.1) is 8.66 Å². The number of hydrogen-bond donors (Lipinski definition) is 0. The Morgan fingerprint density at radius 3 is 2.56 bits per heavy atom. The highest BCUT2D eigenvalue weighted by atomic mass is 79.9. The Hall–Kier alpha value is -0.450. The fourth-order valence-electron chi connectivity index (χ4n) is 1.34. The first kappa shape index (κ1) is 12.0. The van der Waals surface area contributed by atoms with Crippen LogP contribution in [-0.2, 0) is 0 Å². The number of benzene rings is 1. The van der Waals surface area contributed by atoms with Gasteiger partial charge in [0.15, 0.2) is 0 Å². The van der Waals surface area contributed by atoms with E-state index in [1.165, 1.54) is 11.3 Å². The lowest BCUT2D eigenvalue weighted by molar-refractivity contribution is 0.104. The Bertz CT molecular complexity index is 526. The smallest absolute Gasteiger partial charge is 0.203 e. The second-order valence-corrected chi connectivity index (χ2v) is 6.69. The molecule has 1 aromatic carbocycles. The highest BCUT2D eigenvalue weighted by Gasteiger charge is 2.13. The van der Waals surface area contributed by atoms with Gasteiger partial charge in [0, 0.05) is 10.0 Å². The average molecular weight is 360 g/mol. The van der Waals surface area contributed by atoms with Gasteiger partial charge in [-0.3, -0.25) is 4.79 Å². The second kappa shape index (κ2) is 4.82. The topological polar surface area (TPSA) is 17.1 Å². The minimum Gasteiger partial charge on any atom is -0.288 e. The molecule has 0 saturated carbocycles. The molecule has 2 rings (SSSR count). The van der Waals surface area contributed by atoms with E-state index in [2.05, 4.69) is 31.9 Å². The van der Waals surface area contributed by atoms with E-state index in [0.717, 1.165) is 18.7 Å². The monoisotopic (exact) mass is 358 g/mol. The van der Waals surface area contributed by atoms with Crippen LogP contribution in [0.4, 0.5) is 0 Å². The first-order chi connectivity index (χ1) is 7.58. The Morgan fingerprint density at radius 1 is 1.25 bits per heavy atom. The lowest BCUT2D eigenvalue weighted by Gasteiger charge is -1.98. The van der Waals surface area contributed by atoms with Gasteiger partial charge < -0.3 is 0 Å². The molecule has 0 radical (unpaired) electrons. The third-order valence-corrected chi connectivity index (χ3v) is 4.80. The van der Waals surface area contributed by atoms with Gasteiger partial charge in [-0.1, -0.05) is 28.1 Å². The van der Waals surface area contributed by atoms with Gasteiger partial charge >= 0.3 is 0 Å². The van der Waals surface area contributed by atoms with E-state index >= 15 is 0 Å². The summed E-state index contributed by atoms with van der Waals surface area (Å²) in [5, 5.41) is 0. The van der Waals surface area contributed by atoms with Crippen molar-refractivity contribution in [3.05, 3.63) is 54.6 Å². The molecule has 0 aliphatic heterocycles. The maximum Gasteiger partial charge on any atom is 0.203 e. The molecule has 0 fully saturated rings. The average Bonchev–Trinajstić information content (AvgIpc) is 2.58. The zero-order valence-corrected chi connectivity index (χ0v) is 12.4. The summed E-state index contributed by atoms with van der Waals surface area (Å²) in [6, 6.07) is 9.36. The standard InChI is InChI=1S/C12H8Br2OS/c1-7-5-10(16-12(7)14)11(15)8-3-2-4-9(13)6-8/h2-6H,1H3. The van der Waals surface area contributed by atoms with E-state index in [-0.39, 0.29) is 5.78 Å². The molecule has 0 unspecified atom stereocenters. The number of halogens is 2. The Labute approximate surface area is 115 Å². The molecule has 0 aliphatic carbocycles. The van der Waals surface area contributed by atoms with E-state index in [0.29, 0.717) is 5.56 Å². The molecule has 0 spiro atoms. The van der Waals surface area contributed by atoms with Gasteiger partial charge in [-0.05, 0) is 46.6 Å². The van der Waals surface area contributed by atoms with E-state index < -0.39 is 0 Å². The van der Waals surface area contributed by atoms with Crippen LogP contribution in [0.1, 0.15) is 20.8 Å². The molecule has 16 heavy (non-hydrogen) atoms. The van der Waals surface area contributed by atoms with Crippen molar-refractivity contribution in [2.45, 2.75) is 6.92 Å². The number of hydrogen-bond acceptors (Lipinski definition) is 2. The van der Waals surface area contributed by atoms with Crippen molar-refractivity contribution in [1.29, 1.82) is 0 Å². The van der Waals surface area contributed by atoms with Crippen molar-refractivity contribution in [2.24, 2.45) is 0 Å². The molecular weight excluding hydrogens is 352 g/mol. The van der Waals surface area contributed by atoms with Crippen molar-refractivity contribution in [2.75, 3.05) is 0 Å². The number of carbonyl (C=O) groups excluding carboxylic acids is 1. The van der Waals surface area contributed by atoms with Crippen molar-refractivity contribution >= 4 is 49.0 Å². The van der Waals surface area contributed by atoms with Crippen LogP contribution in [-0.4, -0.2) is 5.78 Å². The van der Waals surface area contributed by atoms with E-state index in [4.69, 9.17) is 0 Å². The Balaban J connectivity index is 2.39. The zero-order valence-electron chi connectivity index (χ0n) is 8.46. The third-order valence-electron chi connectivity index (χ3n) is 2.17. The fraction of sp³-hybridized carbons (Fsp3) is 0.0833. The molecule has 2 aromatic rings. The summed E-state index contributed by atoms with van der Waals surface area (Å²) in [6.07, 6.45) is 0. The number of ketones is 1. The molecule has 0 bridgehead atoms. The molecule has 0 aliphatic rings. The van der Waals surface area contributed by atoms with Gasteiger partial charge in [-0.25, -0.2) is 0 Å². The van der Waals surface area contributed by atoms with Crippen LogP contribution in [0.3, 0.4) is 0 Å². The number of carbonyl (C=O) groups is 1. The normalized spacial score (nSPS) is 10.4. The largest absolute Gasteiger partial charge is 0.288 e. The molecule has 0 N–H and O–H groups in total. The van der Waals surface area contributed by atoms with Gasteiger partial charge in [-0.2, -0.15) is 0 Å². The summed E-state index contributed by atoms with van der Waals surface area (Å²) in [5.41, 5.74) is 1.81. The van der Waals surface area contributed by atoms with E-state index in [1.807, 2.05) is 37.3 Å². The Kier molecular flexibility index (Phi) is 3.62. The molecule has 1 nitrogen and oxygen atoms in total. The molecule has 0 amide bonds. The number of rotatable bonds is 2. The highest BCUT2D eigenvalue weighted by Crippen LogP contribution is 2.29. The quantitative estimate of drug-likeness (QED) is 0.703. The summed E-state index contributed by atoms with van der Waals surface area (Å²) in [6.45, 7) is 1.98. The molecule has 4 heteroatoms. The number of aryl methyl sites for hydroxylation is 1. The fourth-order valence-corrected chi connectivity index (χ4v) is 3.24. The first-order valence-electron chi connectivity index (χ1n) is 4.64. The first-order valence-corrected chi connectivity index (χ1v) is 7.04. The van der Waals surface area contributed by atoms with Crippen LogP contribution in [0, 0.1) is 6.92 Å². The summed E-state index contributed by atoms with van der Waals surface area (Å²) in [4.78, 5) is 12.9. The van der Waals surface area contributed by atoms with Crippen molar-refractivity contribution < 1.29 is 4.79 Å². The van der Waals surface area contributed by atoms with Crippen LogP contribution in [0.5, 0.6) is 0 Å². The predicted molar refractivity (Wildman–Crippen MR) is 74.3 cm³/mol. The van der Waals surface area contributed by atoms with Gasteiger partial charge in [0.1, 0.15) is 0 Å². The summed E-state index contributed by atoms with van der Waals surface area (Å²) < 4.78 is 1.94. The van der Waals surface area contributed by atoms with E-state index in [9.17, 15) is 4.79 Å². The maximum atomic E-state index is 12.1. The summed E-state index contributed by atoms with van der Waals surface area (Å²) in [5.74, 6) is 0.0695. The molecule has 1 aromatic heterocycles. The van der Waals surface area contributed by atoms with Gasteiger partial charge in [0.25, 0.3) is 0 Å². The SMILES string of the molecule is Cc1cc(C(=O)c2cccc(Br)c2)sc1Br. The molecule has 0 atom stereocenters. The van der Waals surface area contributed by atoms with Crippen molar-refractivity contribution in [1.82, 2.24) is 0 Å². The van der Waals surface area contributed by atoms with Gasteiger partial charge in [-0.15, -0.1) is 11.3 Å². The maximum absolute atomic E-state index is 12.1. The van der Waals surface area contributed by atoms with Crippen molar-refractivity contribution in [3.63, 3.8) is 0 Å². The second-order valence-electron chi connectivity index (χ2n) is 3.41. The zero-order chi connectivity index (χ0) is 11.7. The van der Waals surface area contributed by atoms with Crippen LogP contribution in [0.25, 0.3) is 0 Å². The Morgan fingerprint density at radius 2 is 2.00 bits per heavy atom. The number of thiophene rings is 1. The summed E-state index contributed by atoms with van der Waals surface area (Å²) >= 11 is 8.27. The van der Waals surface area contributed by atoms with Crippen LogP contribution >= 0.6 is 43.2 Å². The highest BCUT2D eigenvalue weighted by molar-refractivity contribution is 9.11. The van der Waals surface area contributed by atoms with Crippen LogP contribution in [0.2, 0.25) is 0 Å². The predicted octanol–water partition coefficient (Wildman–Crippen LogP) is 4.81. The van der Waals surface area contributed by atoms with Crippen LogP contribution < -0.4 is 0 Å². The molecule has 1 heterocycles. The molecule has 0 saturated heterocycles. The lowest BCUT2D eigenvalue weighted by atomic mass is 10.1. The summed E-state index contributed by atoms with van der Waals surface area (Å²) in [7, 11) is 0. The lowest BCUT2D eigenvalue weighted by Crippen LogP contribution is -1.97. The molecular formula is C12H8Br2OS. The van der Waals surface area contributed by atoms with E-state index in [1.54, 1.807) is 0 Å². The van der Waals surface area contributed by atoms with Crippen molar-refractivity contribution in [3.8, 4) is 0 Å². The molecule has 82 valence electrons. The van der Waals surface area contributed by atoms with Gasteiger partial charge in [0.2, 0.25) is 5.78 Å². The third kappa shape index (κ3) is 2.44. The van der Waals surface area contributed by atoms with Crippen LogP contribution in [0.15, 0.2) is 38.6 Å². The minimum absolute atomic E-state index is 0.0695. The minimum atomic E-state index is 0.0695.